The van der Waals surface area contributed by atoms with Gasteiger partial charge in [0.25, 0.3) is 11.8 Å². The molecule has 0 bridgehead atoms. The Hall–Kier alpha value is -4.58. The number of rotatable bonds is 8. The lowest BCUT2D eigenvalue weighted by Crippen LogP contribution is -2.37. The van der Waals surface area contributed by atoms with E-state index in [0.717, 1.165) is 23.3 Å². The van der Waals surface area contributed by atoms with Gasteiger partial charge in [0.2, 0.25) is 0 Å². The lowest BCUT2D eigenvalue weighted by Gasteiger charge is -2.26. The summed E-state index contributed by atoms with van der Waals surface area (Å²) in [5, 5.41) is 13.2. The first-order valence-corrected chi connectivity index (χ1v) is 13.3. The molecule has 2 N–H and O–H groups in total. The lowest BCUT2D eigenvalue weighted by atomic mass is 10.0. The van der Waals surface area contributed by atoms with Gasteiger partial charge in [-0.1, -0.05) is 18.2 Å². The van der Waals surface area contributed by atoms with Crippen LogP contribution in [0.3, 0.4) is 0 Å². The normalized spacial score (nSPS) is 16.9. The van der Waals surface area contributed by atoms with Gasteiger partial charge in [-0.15, -0.1) is 0 Å². The van der Waals surface area contributed by atoms with Gasteiger partial charge in [0.15, 0.2) is 5.78 Å². The molecule has 1 atom stereocenters. The smallest absolute Gasteiger partial charge is 0.339 e. The predicted molar refractivity (Wildman–Crippen MR) is 138 cm³/mol. The summed E-state index contributed by atoms with van der Waals surface area (Å²) in [5.74, 6) is -3.39. The summed E-state index contributed by atoms with van der Waals surface area (Å²) < 4.78 is 29.9. The number of carboxylic acid groups (broad SMARTS) is 1. The molecule has 0 aromatic heterocycles. The molecular weight excluding hydrogens is 514 g/mol. The van der Waals surface area contributed by atoms with E-state index < -0.39 is 50.8 Å². The molecule has 4 rings (SSSR count). The number of benzene rings is 2. The van der Waals surface area contributed by atoms with Crippen LogP contribution in [-0.2, 0) is 19.4 Å². The van der Waals surface area contributed by atoms with Gasteiger partial charge in [-0.05, 0) is 54.5 Å². The van der Waals surface area contributed by atoms with Crippen LogP contribution < -0.4 is 10.2 Å². The fourth-order valence-corrected chi connectivity index (χ4v) is 5.19. The number of imide groups is 1. The first-order chi connectivity index (χ1) is 17.9. The Balaban J connectivity index is 1.73. The number of ether oxygens (including phenoxy) is 1. The number of aliphatic carboxylic acids is 1. The van der Waals surface area contributed by atoms with Gasteiger partial charge >= 0.3 is 5.97 Å². The Kier molecular flexibility index (Phi) is 7.01. The second kappa shape index (κ2) is 10.1. The van der Waals surface area contributed by atoms with Crippen LogP contribution >= 0.6 is 0 Å². The zero-order valence-electron chi connectivity index (χ0n) is 20.6. The molecule has 38 heavy (non-hydrogen) atoms. The molecule has 1 aliphatic carbocycles. The van der Waals surface area contributed by atoms with Crippen molar-refractivity contribution in [1.82, 2.24) is 4.90 Å². The average molecular weight is 538 g/mol. The van der Waals surface area contributed by atoms with Crippen LogP contribution in [0.25, 0.3) is 0 Å². The first-order valence-electron chi connectivity index (χ1n) is 11.3. The van der Waals surface area contributed by atoms with Gasteiger partial charge < -0.3 is 9.84 Å². The first kappa shape index (κ1) is 26.5. The highest BCUT2D eigenvalue weighted by atomic mass is 32.2. The second-order valence-electron chi connectivity index (χ2n) is 8.75. The summed E-state index contributed by atoms with van der Waals surface area (Å²) in [6, 6.07) is 8.30. The molecule has 2 aromatic carbocycles. The van der Waals surface area contributed by atoms with E-state index >= 15 is 0 Å². The third-order valence-electron chi connectivity index (χ3n) is 6.02. The Morgan fingerprint density at radius 2 is 1.87 bits per heavy atom. The van der Waals surface area contributed by atoms with E-state index in [-0.39, 0.29) is 22.5 Å². The number of nitrogens with one attached hydrogen (secondary N) is 1. The number of carbonyl (C=O) groups is 4. The van der Waals surface area contributed by atoms with Crippen molar-refractivity contribution in [3.63, 3.8) is 0 Å². The number of carboxylic acids is 1. The molecule has 2 amide bonds. The van der Waals surface area contributed by atoms with Crippen molar-refractivity contribution >= 4 is 44.8 Å². The number of sulfone groups is 1. The number of anilines is 1. The molecule has 2 aromatic rings. The van der Waals surface area contributed by atoms with Crippen LogP contribution in [0, 0.1) is 6.92 Å². The van der Waals surface area contributed by atoms with E-state index in [1.165, 1.54) is 31.4 Å². The topological polar surface area (TPSA) is 160 Å². The molecule has 0 saturated heterocycles. The maximum Gasteiger partial charge on any atom is 0.339 e. The van der Waals surface area contributed by atoms with Crippen molar-refractivity contribution in [1.29, 1.82) is 0 Å². The predicted octanol–water partition coefficient (Wildman–Crippen LogP) is 2.30. The van der Waals surface area contributed by atoms with Crippen LogP contribution in [0.5, 0.6) is 5.75 Å². The number of amides is 2. The second-order valence-corrected chi connectivity index (χ2v) is 10.9. The van der Waals surface area contributed by atoms with Gasteiger partial charge in [0, 0.05) is 6.26 Å². The molecule has 0 spiro atoms. The molecule has 0 fully saturated rings. The molecule has 0 unspecified atom stereocenters. The Morgan fingerprint density at radius 1 is 1.13 bits per heavy atom. The van der Waals surface area contributed by atoms with Crippen LogP contribution in [0.2, 0.25) is 0 Å². The Labute approximate surface area is 218 Å². The van der Waals surface area contributed by atoms with E-state index in [1.54, 1.807) is 25.1 Å². The van der Waals surface area contributed by atoms with E-state index in [2.05, 4.69) is 10.5 Å². The summed E-state index contributed by atoms with van der Waals surface area (Å²) in [4.78, 5) is 50.9. The number of carbonyl (C=O) groups excluding carboxylic acids is 3. The summed E-state index contributed by atoms with van der Waals surface area (Å²) in [5.41, 5.74) is 3.64. The number of nitrogens with zero attached hydrogens (tertiary/aromatic N) is 2. The van der Waals surface area contributed by atoms with E-state index in [4.69, 9.17) is 9.84 Å². The maximum atomic E-state index is 13.6. The van der Waals surface area contributed by atoms with Gasteiger partial charge in [-0.2, -0.15) is 5.10 Å². The van der Waals surface area contributed by atoms with Crippen molar-refractivity contribution in [2.24, 2.45) is 5.10 Å². The largest absolute Gasteiger partial charge is 0.496 e. The monoisotopic (exact) mass is 537 g/mol. The van der Waals surface area contributed by atoms with E-state index in [0.29, 0.717) is 16.9 Å². The zero-order chi connectivity index (χ0) is 27.8. The molecule has 11 nitrogen and oxygen atoms in total. The van der Waals surface area contributed by atoms with Crippen molar-refractivity contribution in [2.75, 3.05) is 24.5 Å². The van der Waals surface area contributed by atoms with Crippen molar-refractivity contribution in [3.05, 3.63) is 82.5 Å². The Bertz CT molecular complexity index is 1590. The number of hydrogen-bond acceptors (Lipinski definition) is 9. The lowest BCUT2D eigenvalue weighted by molar-refractivity contribution is -0.134. The zero-order valence-corrected chi connectivity index (χ0v) is 21.4. The van der Waals surface area contributed by atoms with Crippen molar-refractivity contribution in [3.8, 4) is 5.75 Å². The molecule has 12 heteroatoms. The standard InChI is InChI=1S/C26H23N3O8S/c1-14-11-15(7-10-22(14)37-2)20(13-38(3,35)36)29-24(31)17-5-4-6-19(23(17)25(29)32)28-27-16-8-9-21(30)18(12-16)26(33)34/h4-12,20,28H,13H2,1-3H3,(H,33,34)/b27-16-/t20-/m1/s1. The average Bonchev–Trinajstić information content (AvgIpc) is 3.11. The number of methoxy groups -OCH3 is 1. The van der Waals surface area contributed by atoms with E-state index in [9.17, 15) is 27.6 Å². The van der Waals surface area contributed by atoms with Crippen LogP contribution in [0.15, 0.2) is 65.3 Å². The molecule has 196 valence electrons. The minimum absolute atomic E-state index is 0.0103. The SMILES string of the molecule is COc1ccc([C@@H](CS(C)(=O)=O)N2C(=O)c3cccc(N/N=C4/C=CC(=O)C(C(=O)O)=C4)c3C2=O)cc1C. The summed E-state index contributed by atoms with van der Waals surface area (Å²) in [6.07, 6.45) is 4.47. The third kappa shape index (κ3) is 5.11. The molecule has 2 aliphatic rings. The Morgan fingerprint density at radius 3 is 2.50 bits per heavy atom. The summed E-state index contributed by atoms with van der Waals surface area (Å²) in [6.45, 7) is 1.76. The fraction of sp³-hybridized carbons (Fsp3) is 0.192. The summed E-state index contributed by atoms with van der Waals surface area (Å²) in [7, 11) is -2.13. The molecule has 0 radical (unpaired) electrons. The third-order valence-corrected chi connectivity index (χ3v) is 6.94. The molecule has 0 saturated carbocycles. The number of allylic oxidation sites excluding steroid dienone is 3. The fourth-order valence-electron chi connectivity index (χ4n) is 4.27. The van der Waals surface area contributed by atoms with Crippen LogP contribution in [-0.4, -0.2) is 66.8 Å². The highest BCUT2D eigenvalue weighted by Gasteiger charge is 2.43. The maximum absolute atomic E-state index is 13.6. The van der Waals surface area contributed by atoms with E-state index in [1.807, 2.05) is 0 Å². The summed E-state index contributed by atoms with van der Waals surface area (Å²) >= 11 is 0. The van der Waals surface area contributed by atoms with Gasteiger partial charge in [0.05, 0.1) is 41.4 Å². The van der Waals surface area contributed by atoms with Crippen molar-refractivity contribution in [2.45, 2.75) is 13.0 Å². The molecule has 1 heterocycles. The number of ketones is 1. The van der Waals surface area contributed by atoms with Crippen LogP contribution in [0.1, 0.15) is 37.9 Å². The highest BCUT2D eigenvalue weighted by molar-refractivity contribution is 7.90. The van der Waals surface area contributed by atoms with Crippen molar-refractivity contribution < 1.29 is 37.4 Å². The highest BCUT2D eigenvalue weighted by Crippen LogP contribution is 2.37. The molecular formula is C26H23N3O8S. The minimum Gasteiger partial charge on any atom is -0.496 e. The minimum atomic E-state index is -3.63. The number of fused-ring (bicyclic) bond motifs is 1. The van der Waals surface area contributed by atoms with Crippen LogP contribution in [0.4, 0.5) is 5.69 Å². The number of hydrazone groups is 1. The van der Waals surface area contributed by atoms with Gasteiger partial charge in [-0.25, -0.2) is 13.2 Å². The molecule has 1 aliphatic heterocycles. The number of aryl methyl sites for hydroxylation is 1. The van der Waals surface area contributed by atoms with Gasteiger partial charge in [0.1, 0.15) is 21.2 Å². The quantitative estimate of drug-likeness (QED) is 0.223. The number of hydrogen-bond donors (Lipinski definition) is 2. The van der Waals surface area contributed by atoms with Gasteiger partial charge in [-0.3, -0.25) is 24.7 Å².